The second-order valence-corrected chi connectivity index (χ2v) is 29.6. The van der Waals surface area contributed by atoms with Gasteiger partial charge in [-0.3, -0.25) is 0 Å². The van der Waals surface area contributed by atoms with Crippen molar-refractivity contribution in [2.75, 3.05) is 0 Å². The molecule has 2 aliphatic carbocycles. The van der Waals surface area contributed by atoms with Crippen molar-refractivity contribution in [3.63, 3.8) is 0 Å². The largest absolute Gasteiger partial charge is 0.212 e. The molecule has 12 aromatic rings. The van der Waals surface area contributed by atoms with Crippen molar-refractivity contribution in [2.24, 2.45) is 39.5 Å². The van der Waals surface area contributed by atoms with Crippen LogP contribution in [0, 0.1) is 66.4 Å². The van der Waals surface area contributed by atoms with Crippen molar-refractivity contribution < 1.29 is 42.9 Å². The van der Waals surface area contributed by atoms with Gasteiger partial charge in [0.25, 0.3) is 0 Å². The molecule has 2 saturated carbocycles. The van der Waals surface area contributed by atoms with Gasteiger partial charge in [-0.25, -0.2) is 18.3 Å². The number of aromatic nitrogens is 4. The molecule has 4 nitrogen and oxygen atoms in total. The summed E-state index contributed by atoms with van der Waals surface area (Å²) < 4.78 is 155. The van der Waals surface area contributed by atoms with E-state index >= 15 is 0 Å². The number of hydrogen-bond acceptors (Lipinski definition) is 0. The third kappa shape index (κ3) is 18.8. The molecule has 0 saturated heterocycles. The van der Waals surface area contributed by atoms with Crippen LogP contribution in [-0.4, -0.2) is 0 Å². The average molecular weight is 1390 g/mol. The molecule has 0 N–H and O–H groups in total. The van der Waals surface area contributed by atoms with Gasteiger partial charge in [-0.2, -0.15) is 0 Å². The minimum absolute atomic E-state index is 0.156. The Hall–Kier alpha value is -9.64. The van der Waals surface area contributed by atoms with Crippen LogP contribution in [0.1, 0.15) is 196 Å². The summed E-state index contributed by atoms with van der Waals surface area (Å²) in [5, 5.41) is 0. The second-order valence-electron chi connectivity index (χ2n) is 29.6. The highest BCUT2D eigenvalue weighted by molar-refractivity contribution is 5.78. The molecule has 2 fully saturated rings. The highest BCUT2D eigenvalue weighted by atomic mass is 14.9. The van der Waals surface area contributed by atoms with E-state index in [0.29, 0.717) is 44.5 Å². The van der Waals surface area contributed by atoms with E-state index in [1.165, 1.54) is 6.42 Å². The Morgan fingerprint density at radius 3 is 0.952 bits per heavy atom. The zero-order valence-corrected chi connectivity index (χ0v) is 63.3. The minimum Gasteiger partial charge on any atom is -0.201 e. The summed E-state index contributed by atoms with van der Waals surface area (Å²) in [6.45, 7) is 8.93. The first kappa shape index (κ1) is 54.9. The number of nitrogens with zero attached hydrogens (tertiary/aromatic N) is 4. The average Bonchev–Trinajstić information content (AvgIpc) is 1.04. The standard InChI is InChI=1S/C26H30N.C25H28N.C25H30N.C24H28N/c1-19-9-7-8-12-24(19)23-14-13-20(2)25(17-23)26-18-22(15-16-27(26)3)21-10-5-4-6-11-21;1-18-8-4-7-11-23(18)22-13-12-19(2)24(16-22)25-17-21(14-15-26(25)3)20-9-5-6-10-20;1-18-9-7-8-10-22(18)21-12-11-19(2)23(16-21)24-15-20(13-14-26(24)6)17-25(3,4)5;1-17(2)14-20-12-13-25(5)24(15-20)23-16-21(11-10-19(23)4)22-9-7-6-8-18(22)3/h7-9,12-18,21H,4-6,10-11H2,1-3H3;4,7-8,11-17,20H,5-6,9-10H2,1-3H3;7-16H,17H2,1-6H3;6-13,15-17H,14H2,1-5H3/q4*+1/i1D3,21D;1D3,20D;1D3,17D2;3D3,14D2. The van der Waals surface area contributed by atoms with Crippen LogP contribution >= 0.6 is 0 Å². The van der Waals surface area contributed by atoms with Gasteiger partial charge in [-0.05, 0) is 252 Å². The van der Waals surface area contributed by atoms with Gasteiger partial charge in [0.1, 0.15) is 28.2 Å². The van der Waals surface area contributed by atoms with E-state index in [0.717, 1.165) is 163 Å². The summed E-state index contributed by atoms with van der Waals surface area (Å²) in [6, 6.07) is 68.8. The van der Waals surface area contributed by atoms with Gasteiger partial charge in [0.05, 0.1) is 0 Å². The Morgan fingerprint density at radius 2 is 0.635 bits per heavy atom. The fourth-order valence-electron chi connectivity index (χ4n) is 14.3. The molecule has 0 radical (unpaired) electrons. The van der Waals surface area contributed by atoms with Gasteiger partial charge >= 0.3 is 0 Å². The lowest BCUT2D eigenvalue weighted by Gasteiger charge is -2.22. The van der Waals surface area contributed by atoms with Crippen molar-refractivity contribution in [2.45, 2.75) is 172 Å². The fourth-order valence-corrected chi connectivity index (χ4v) is 14.3. The number of benzene rings is 8. The Bertz CT molecular complexity index is 5600. The smallest absolute Gasteiger partial charge is 0.201 e. The SMILES string of the molecule is [2H]C([2H])([2H])c1ccccc1-c1ccc(C)c(-c2cc(C([2H])([2H])C(C)(C)C)cc[n+]2C)c1.[2H]C([2H])([2H])c1ccccc1-c1ccc(C)c(-c2cc(C([2H])([2H])C(C)C)cc[n+]2C)c1.[2H]C([2H])([2H])c1ccccc1-c1ccc(C)c(-c2cc(C3([2H])CCCC3)cc[n+]2C)c1.[2H]C([2H])([2H])c1ccccc1-c1ccc(C)c(-c2cc(C3([2H])CCCCC3)cc[n+]2C)c1. The molecule has 8 aromatic carbocycles. The summed E-state index contributed by atoms with van der Waals surface area (Å²) in [5.74, 6) is -1.17. The van der Waals surface area contributed by atoms with E-state index in [-0.39, 0.29) is 5.92 Å². The molecule has 4 heteroatoms. The quantitative estimate of drug-likeness (QED) is 0.102. The number of rotatable bonds is 13. The normalized spacial score (nSPS) is 17.1. The maximum atomic E-state index is 9.05. The van der Waals surface area contributed by atoms with Crippen molar-refractivity contribution in [1.29, 1.82) is 0 Å². The van der Waals surface area contributed by atoms with Gasteiger partial charge in [-0.15, -0.1) is 0 Å². The van der Waals surface area contributed by atoms with Gasteiger partial charge in [0.2, 0.25) is 22.8 Å². The predicted octanol–water partition coefficient (Wildman–Crippen LogP) is 24.3. The van der Waals surface area contributed by atoms with E-state index < -0.39 is 57.4 Å². The first-order valence-corrected chi connectivity index (χ1v) is 36.9. The number of pyridine rings is 4. The van der Waals surface area contributed by atoms with Crippen LogP contribution in [0.5, 0.6) is 0 Å². The summed E-state index contributed by atoms with van der Waals surface area (Å²) in [5.41, 5.74) is 22.8. The predicted molar refractivity (Wildman–Crippen MR) is 441 cm³/mol. The van der Waals surface area contributed by atoms with Gasteiger partial charge < -0.3 is 0 Å². The van der Waals surface area contributed by atoms with E-state index in [2.05, 4.69) is 77.7 Å². The molecule has 0 amide bonds. The fraction of sp³-hybridized carbons (Fsp3) is 0.320. The summed E-state index contributed by atoms with van der Waals surface area (Å²) in [4.78, 5) is 0. The molecule has 4 heterocycles. The topological polar surface area (TPSA) is 15.5 Å². The van der Waals surface area contributed by atoms with Crippen LogP contribution in [0.3, 0.4) is 0 Å². The highest BCUT2D eigenvalue weighted by Gasteiger charge is 2.25. The Kier molecular flexibility index (Phi) is 18.1. The zero-order chi connectivity index (χ0) is 89.2. The molecule has 104 heavy (non-hydrogen) atoms. The molecule has 4 aromatic heterocycles. The van der Waals surface area contributed by atoms with E-state index in [1.807, 2.05) is 226 Å². The van der Waals surface area contributed by atoms with Crippen LogP contribution in [0.15, 0.2) is 243 Å². The van der Waals surface area contributed by atoms with Crippen LogP contribution < -0.4 is 18.3 Å². The molecule has 14 rings (SSSR count). The zero-order valence-electron chi connectivity index (χ0n) is 81.3. The molecule has 532 valence electrons. The van der Waals surface area contributed by atoms with Crippen molar-refractivity contribution in [3.8, 4) is 89.5 Å². The molecule has 0 atom stereocenters. The molecule has 0 aliphatic heterocycles. The highest BCUT2D eigenvalue weighted by Crippen LogP contribution is 2.39. The van der Waals surface area contributed by atoms with Gasteiger partial charge in [0.15, 0.2) is 24.8 Å². The second kappa shape index (κ2) is 34.3. The number of aryl methyl sites for hydroxylation is 12. The molecular formula is C100H116N4+4. The lowest BCUT2D eigenvalue weighted by atomic mass is 9.84. The first-order valence-electron chi connectivity index (χ1n) is 45.9. The van der Waals surface area contributed by atoms with Gasteiger partial charge in [0, 0.05) is 95.5 Å². The van der Waals surface area contributed by atoms with E-state index in [1.54, 1.807) is 48.5 Å². The first-order chi connectivity index (χ1) is 57.0. The Balaban J connectivity index is 0.000000159. The summed E-state index contributed by atoms with van der Waals surface area (Å²) >= 11 is 0. The lowest BCUT2D eigenvalue weighted by molar-refractivity contribution is -0.660. The maximum Gasteiger partial charge on any atom is 0.212 e. The maximum absolute atomic E-state index is 9.05. The molecule has 2 aliphatic rings. The summed E-state index contributed by atoms with van der Waals surface area (Å²) in [7, 11) is 7.92. The van der Waals surface area contributed by atoms with Gasteiger partial charge in [-0.1, -0.05) is 212 Å². The van der Waals surface area contributed by atoms with Crippen LogP contribution in [0.25, 0.3) is 89.5 Å². The lowest BCUT2D eigenvalue weighted by Crippen LogP contribution is -2.31. The molecule has 0 spiro atoms. The van der Waals surface area contributed by atoms with Crippen LogP contribution in [-0.2, 0) is 40.9 Å². The third-order valence-electron chi connectivity index (χ3n) is 20.1. The molecular weight excluding hydrogens is 1260 g/mol. The van der Waals surface area contributed by atoms with Crippen molar-refractivity contribution in [3.05, 3.63) is 310 Å². The minimum atomic E-state index is -2.20. The Labute approximate surface area is 651 Å². The Morgan fingerprint density at radius 1 is 0.346 bits per heavy atom. The van der Waals surface area contributed by atoms with E-state index in [9.17, 15) is 0 Å². The monoisotopic (exact) mass is 1390 g/mol. The summed E-state index contributed by atoms with van der Waals surface area (Å²) in [6.07, 6.45) is 14.2. The van der Waals surface area contributed by atoms with Crippen LogP contribution in [0.2, 0.25) is 0 Å². The van der Waals surface area contributed by atoms with Crippen molar-refractivity contribution >= 4 is 0 Å². The molecule has 0 bridgehead atoms. The third-order valence-corrected chi connectivity index (χ3v) is 20.1. The molecule has 0 unspecified atom stereocenters. The number of hydrogen-bond donors (Lipinski definition) is 0. The van der Waals surface area contributed by atoms with E-state index in [4.69, 9.17) is 24.7 Å². The van der Waals surface area contributed by atoms with Crippen molar-refractivity contribution in [1.82, 2.24) is 0 Å². The van der Waals surface area contributed by atoms with Crippen LogP contribution in [0.4, 0.5) is 0 Å².